The Labute approximate surface area is 116 Å². The second-order valence-corrected chi connectivity index (χ2v) is 6.76. The lowest BCUT2D eigenvalue weighted by molar-refractivity contribution is -0.129. The number of carbonyl (C=O) groups excluding carboxylic acids is 1. The molecule has 2 saturated heterocycles. The number of amides is 1. The normalized spacial score (nSPS) is 28.9. The van der Waals surface area contributed by atoms with Crippen LogP contribution < -0.4 is 5.73 Å². The van der Waals surface area contributed by atoms with E-state index >= 15 is 0 Å². The van der Waals surface area contributed by atoms with Crippen LogP contribution in [0.5, 0.6) is 0 Å². The molecule has 4 heteroatoms. The maximum Gasteiger partial charge on any atom is 0.225 e. The van der Waals surface area contributed by atoms with Gasteiger partial charge in [0.15, 0.2) is 0 Å². The zero-order valence-corrected chi connectivity index (χ0v) is 12.4. The summed E-state index contributed by atoms with van der Waals surface area (Å²) in [5.74, 6) is 0.355. The molecule has 110 valence electrons. The first-order chi connectivity index (χ1) is 9.00. The topological polar surface area (TPSA) is 55.6 Å². The van der Waals surface area contributed by atoms with E-state index in [1.807, 2.05) is 13.8 Å². The zero-order valence-electron chi connectivity index (χ0n) is 12.4. The van der Waals surface area contributed by atoms with Crippen molar-refractivity contribution >= 4 is 5.91 Å². The molecule has 2 fully saturated rings. The van der Waals surface area contributed by atoms with Crippen molar-refractivity contribution in [3.8, 4) is 0 Å². The van der Waals surface area contributed by atoms with Gasteiger partial charge in [-0.05, 0) is 58.5 Å². The molecule has 2 aliphatic heterocycles. The van der Waals surface area contributed by atoms with Crippen LogP contribution in [0.4, 0.5) is 0 Å². The molecule has 2 heterocycles. The highest BCUT2D eigenvalue weighted by atomic mass is 16.5. The largest absolute Gasteiger partial charge is 0.380 e. The minimum Gasteiger partial charge on any atom is -0.380 e. The van der Waals surface area contributed by atoms with Gasteiger partial charge >= 0.3 is 0 Å². The average Bonchev–Trinajstić information content (AvgIpc) is 2.38. The number of carbonyl (C=O) groups is 1. The molecule has 2 N–H and O–H groups in total. The Bertz CT molecular complexity index is 315. The third kappa shape index (κ3) is 3.69. The van der Waals surface area contributed by atoms with Crippen molar-refractivity contribution in [2.75, 3.05) is 26.3 Å². The average molecular weight is 268 g/mol. The molecule has 1 amide bonds. The van der Waals surface area contributed by atoms with Crippen LogP contribution in [0.1, 0.15) is 46.0 Å². The lowest BCUT2D eigenvalue weighted by Gasteiger charge is -2.44. The summed E-state index contributed by atoms with van der Waals surface area (Å²) in [6, 6.07) is 0.708. The molecule has 0 spiro atoms. The molecule has 0 aromatic heterocycles. The van der Waals surface area contributed by atoms with E-state index in [1.54, 1.807) is 0 Å². The van der Waals surface area contributed by atoms with Crippen molar-refractivity contribution in [3.05, 3.63) is 0 Å². The van der Waals surface area contributed by atoms with E-state index < -0.39 is 5.41 Å². The Kier molecular flexibility index (Phi) is 4.85. The lowest BCUT2D eigenvalue weighted by atomic mass is 9.84. The van der Waals surface area contributed by atoms with E-state index in [0.29, 0.717) is 18.6 Å². The number of hydrogen-bond acceptors (Lipinski definition) is 3. The first-order valence-electron chi connectivity index (χ1n) is 7.62. The Morgan fingerprint density at radius 1 is 1.26 bits per heavy atom. The summed E-state index contributed by atoms with van der Waals surface area (Å²) >= 11 is 0. The van der Waals surface area contributed by atoms with E-state index in [4.69, 9.17) is 10.5 Å². The Morgan fingerprint density at radius 2 is 2.00 bits per heavy atom. The van der Waals surface area contributed by atoms with E-state index in [0.717, 1.165) is 6.61 Å². The monoisotopic (exact) mass is 268 g/mol. The minimum atomic E-state index is -0.555. The number of ether oxygens (including phenoxy) is 1. The van der Waals surface area contributed by atoms with Crippen LogP contribution in [0.2, 0.25) is 0 Å². The second kappa shape index (κ2) is 6.23. The first kappa shape index (κ1) is 14.8. The number of nitrogens with two attached hydrogens (primary N) is 1. The van der Waals surface area contributed by atoms with Gasteiger partial charge in [-0.2, -0.15) is 0 Å². The van der Waals surface area contributed by atoms with Gasteiger partial charge in [0, 0.05) is 6.04 Å². The third-order valence-electron chi connectivity index (χ3n) is 4.69. The van der Waals surface area contributed by atoms with Gasteiger partial charge in [0.05, 0.1) is 18.6 Å². The smallest absolute Gasteiger partial charge is 0.225 e. The van der Waals surface area contributed by atoms with Crippen molar-refractivity contribution in [3.63, 3.8) is 0 Å². The molecular formula is C15H28N2O2. The van der Waals surface area contributed by atoms with Gasteiger partial charge in [-0.15, -0.1) is 0 Å². The van der Waals surface area contributed by atoms with Gasteiger partial charge in [0.2, 0.25) is 5.91 Å². The van der Waals surface area contributed by atoms with Crippen molar-refractivity contribution in [1.82, 2.24) is 4.90 Å². The molecule has 2 atom stereocenters. The number of nitrogens with zero attached hydrogens (tertiary/aromatic N) is 1. The predicted octanol–water partition coefficient (Wildman–Crippen LogP) is 1.78. The fourth-order valence-corrected chi connectivity index (χ4v) is 3.31. The van der Waals surface area contributed by atoms with Gasteiger partial charge in [-0.1, -0.05) is 6.42 Å². The highest BCUT2D eigenvalue weighted by molar-refractivity contribution is 5.80. The molecule has 19 heavy (non-hydrogen) atoms. The van der Waals surface area contributed by atoms with E-state index in [-0.39, 0.29) is 5.91 Å². The van der Waals surface area contributed by atoms with Crippen molar-refractivity contribution < 1.29 is 9.53 Å². The van der Waals surface area contributed by atoms with Gasteiger partial charge in [-0.3, -0.25) is 4.79 Å². The third-order valence-corrected chi connectivity index (χ3v) is 4.69. The molecule has 0 aromatic carbocycles. The van der Waals surface area contributed by atoms with E-state index in [2.05, 4.69) is 4.90 Å². The van der Waals surface area contributed by atoms with Gasteiger partial charge in [0.1, 0.15) is 0 Å². The summed E-state index contributed by atoms with van der Waals surface area (Å²) in [6.45, 7) is 7.43. The fourth-order valence-electron chi connectivity index (χ4n) is 3.31. The lowest BCUT2D eigenvalue weighted by Crippen LogP contribution is -2.49. The van der Waals surface area contributed by atoms with Crippen LogP contribution in [-0.2, 0) is 9.53 Å². The standard InChI is InChI=1S/C15H28N2O2/c1-15(2,14(16)18)11-19-10-12-6-5-9-17-8-4-3-7-13(12)17/h12-13H,3-11H2,1-2H3,(H2,16,18). The second-order valence-electron chi connectivity index (χ2n) is 6.76. The SMILES string of the molecule is CC(C)(COCC1CCCN2CCCCC12)C(N)=O. The molecular weight excluding hydrogens is 240 g/mol. The Balaban J connectivity index is 1.80. The molecule has 0 aliphatic carbocycles. The number of piperidine rings is 2. The van der Waals surface area contributed by atoms with Crippen LogP contribution in [-0.4, -0.2) is 43.2 Å². The zero-order chi connectivity index (χ0) is 13.9. The number of rotatable bonds is 5. The fraction of sp³-hybridized carbons (Fsp3) is 0.933. The maximum atomic E-state index is 11.3. The molecule has 2 aliphatic rings. The Hall–Kier alpha value is -0.610. The van der Waals surface area contributed by atoms with Crippen molar-refractivity contribution in [2.24, 2.45) is 17.1 Å². The summed E-state index contributed by atoms with van der Waals surface area (Å²) in [4.78, 5) is 13.9. The Morgan fingerprint density at radius 3 is 2.74 bits per heavy atom. The highest BCUT2D eigenvalue weighted by Gasteiger charge is 2.33. The summed E-state index contributed by atoms with van der Waals surface area (Å²) < 4.78 is 5.82. The van der Waals surface area contributed by atoms with Crippen LogP contribution in [0, 0.1) is 11.3 Å². The van der Waals surface area contributed by atoms with Gasteiger partial charge in [0.25, 0.3) is 0 Å². The number of fused-ring (bicyclic) bond motifs is 1. The van der Waals surface area contributed by atoms with Crippen molar-refractivity contribution in [2.45, 2.75) is 52.0 Å². The summed E-state index contributed by atoms with van der Waals surface area (Å²) in [5.41, 5.74) is 4.81. The minimum absolute atomic E-state index is 0.282. The molecule has 0 saturated carbocycles. The van der Waals surface area contributed by atoms with E-state index in [9.17, 15) is 4.79 Å². The number of primary amides is 1. The molecule has 4 nitrogen and oxygen atoms in total. The van der Waals surface area contributed by atoms with E-state index in [1.165, 1.54) is 45.2 Å². The maximum absolute atomic E-state index is 11.3. The molecule has 0 bridgehead atoms. The first-order valence-corrected chi connectivity index (χ1v) is 7.62. The number of hydrogen-bond donors (Lipinski definition) is 1. The van der Waals surface area contributed by atoms with Crippen LogP contribution in [0.15, 0.2) is 0 Å². The molecule has 2 rings (SSSR count). The van der Waals surface area contributed by atoms with Crippen LogP contribution in [0.25, 0.3) is 0 Å². The predicted molar refractivity (Wildman–Crippen MR) is 75.7 cm³/mol. The van der Waals surface area contributed by atoms with Gasteiger partial charge < -0.3 is 15.4 Å². The quantitative estimate of drug-likeness (QED) is 0.827. The summed E-state index contributed by atoms with van der Waals surface area (Å²) in [7, 11) is 0. The van der Waals surface area contributed by atoms with Crippen molar-refractivity contribution in [1.29, 1.82) is 0 Å². The molecule has 0 aromatic rings. The summed E-state index contributed by atoms with van der Waals surface area (Å²) in [5, 5.41) is 0. The van der Waals surface area contributed by atoms with Gasteiger partial charge in [-0.25, -0.2) is 0 Å². The van der Waals surface area contributed by atoms with Crippen LogP contribution in [0.3, 0.4) is 0 Å². The highest BCUT2D eigenvalue weighted by Crippen LogP contribution is 2.31. The summed E-state index contributed by atoms with van der Waals surface area (Å²) in [6.07, 6.45) is 6.55. The molecule has 0 radical (unpaired) electrons. The van der Waals surface area contributed by atoms with Crippen LogP contribution >= 0.6 is 0 Å². The molecule has 2 unspecified atom stereocenters.